The summed E-state index contributed by atoms with van der Waals surface area (Å²) in [6, 6.07) is 9.46. The fraction of sp³-hybridized carbons (Fsp3) is 0.538. The SMILES string of the molecule is CCOc1cc(C[C@@H]2CS(=O)(=O)C[C@H](N[C@H](C)c3cccc(C(C)(C)C)c3)[C@H]2O)cc(F)c1[N+](=O)[O-]. The number of nitrogens with zero attached hydrogens (tertiary/aromatic N) is 1. The lowest BCUT2D eigenvalue weighted by Crippen LogP contribution is -2.55. The third kappa shape index (κ3) is 6.60. The minimum Gasteiger partial charge on any atom is -0.487 e. The van der Waals surface area contributed by atoms with Crippen LogP contribution in [0.5, 0.6) is 5.75 Å². The molecule has 4 atom stereocenters. The van der Waals surface area contributed by atoms with Crippen LogP contribution in [0.3, 0.4) is 0 Å². The molecule has 1 aliphatic heterocycles. The van der Waals surface area contributed by atoms with Crippen LogP contribution in [-0.2, 0) is 21.7 Å². The molecule has 0 aromatic heterocycles. The average molecular weight is 523 g/mol. The van der Waals surface area contributed by atoms with E-state index in [1.54, 1.807) is 6.92 Å². The molecule has 0 spiro atoms. The number of nitrogens with one attached hydrogen (secondary N) is 1. The Morgan fingerprint density at radius 2 is 1.94 bits per heavy atom. The smallest absolute Gasteiger partial charge is 0.346 e. The molecular weight excluding hydrogens is 487 g/mol. The number of nitro benzene ring substituents is 1. The third-order valence-electron chi connectivity index (χ3n) is 6.58. The number of nitro groups is 1. The Labute approximate surface area is 211 Å². The molecular formula is C26H35FN2O6S. The summed E-state index contributed by atoms with van der Waals surface area (Å²) in [5.74, 6) is -2.47. The summed E-state index contributed by atoms with van der Waals surface area (Å²) in [5.41, 5.74) is 1.65. The van der Waals surface area contributed by atoms with E-state index in [-0.39, 0.29) is 41.7 Å². The van der Waals surface area contributed by atoms with E-state index in [0.717, 1.165) is 17.2 Å². The van der Waals surface area contributed by atoms with E-state index in [0.29, 0.717) is 5.56 Å². The summed E-state index contributed by atoms with van der Waals surface area (Å²) < 4.78 is 45.3. The maximum absolute atomic E-state index is 14.5. The van der Waals surface area contributed by atoms with Gasteiger partial charge in [0.25, 0.3) is 0 Å². The predicted octanol–water partition coefficient (Wildman–Crippen LogP) is 4.10. The second-order valence-corrected chi connectivity index (χ2v) is 12.7. The zero-order valence-corrected chi connectivity index (χ0v) is 22.1. The standard InChI is InChI=1S/C26H35FN2O6S/c1-6-35-23-12-17(11-21(27)24(23)29(31)32)10-19-14-36(33,34)15-22(25(19)30)28-16(2)18-8-7-9-20(13-18)26(3,4)5/h7-9,11-13,16,19,22,25,28,30H,6,10,14-15H2,1-5H3/t16-,19-,22+,25+/m1/s1. The lowest BCUT2D eigenvalue weighted by Gasteiger charge is -2.37. The topological polar surface area (TPSA) is 119 Å². The van der Waals surface area contributed by atoms with Crippen LogP contribution in [0, 0.1) is 21.8 Å². The minimum atomic E-state index is -3.50. The van der Waals surface area contributed by atoms with E-state index >= 15 is 0 Å². The normalized spacial score (nSPS) is 22.7. The fourth-order valence-electron chi connectivity index (χ4n) is 4.70. The summed E-state index contributed by atoms with van der Waals surface area (Å²) >= 11 is 0. The van der Waals surface area contributed by atoms with Crippen molar-refractivity contribution < 1.29 is 27.6 Å². The molecule has 0 saturated carbocycles. The Kier molecular flexibility index (Phi) is 8.42. The maximum atomic E-state index is 14.5. The van der Waals surface area contributed by atoms with Gasteiger partial charge in [0.1, 0.15) is 0 Å². The van der Waals surface area contributed by atoms with Crippen molar-refractivity contribution in [3.63, 3.8) is 0 Å². The van der Waals surface area contributed by atoms with Gasteiger partial charge in [0, 0.05) is 18.0 Å². The van der Waals surface area contributed by atoms with Crippen LogP contribution in [-0.4, -0.2) is 48.7 Å². The van der Waals surface area contributed by atoms with Gasteiger partial charge in [-0.1, -0.05) is 45.0 Å². The molecule has 2 N–H and O–H groups in total. The van der Waals surface area contributed by atoms with E-state index in [1.165, 1.54) is 6.07 Å². The van der Waals surface area contributed by atoms with E-state index < -0.39 is 44.3 Å². The second kappa shape index (κ2) is 10.8. The highest BCUT2D eigenvalue weighted by molar-refractivity contribution is 7.91. The second-order valence-electron chi connectivity index (χ2n) is 10.5. The van der Waals surface area contributed by atoms with E-state index in [2.05, 4.69) is 32.2 Å². The van der Waals surface area contributed by atoms with E-state index in [4.69, 9.17) is 4.74 Å². The van der Waals surface area contributed by atoms with Gasteiger partial charge in [-0.25, -0.2) is 8.42 Å². The number of benzene rings is 2. The van der Waals surface area contributed by atoms with Crippen LogP contribution in [0.2, 0.25) is 0 Å². The number of sulfone groups is 1. The first-order valence-electron chi connectivity index (χ1n) is 12.1. The van der Waals surface area contributed by atoms with Crippen molar-refractivity contribution in [3.8, 4) is 5.75 Å². The quantitative estimate of drug-likeness (QED) is 0.396. The molecule has 2 aromatic rings. The highest BCUT2D eigenvalue weighted by Gasteiger charge is 2.40. The molecule has 198 valence electrons. The van der Waals surface area contributed by atoms with Gasteiger partial charge in [0.15, 0.2) is 9.84 Å². The van der Waals surface area contributed by atoms with Gasteiger partial charge in [-0.05, 0) is 54.5 Å². The summed E-state index contributed by atoms with van der Waals surface area (Å²) in [7, 11) is -3.50. The van der Waals surface area contributed by atoms with Crippen LogP contribution >= 0.6 is 0 Å². The van der Waals surface area contributed by atoms with Crippen molar-refractivity contribution in [2.24, 2.45) is 5.92 Å². The number of hydrogen-bond donors (Lipinski definition) is 2. The molecule has 0 aliphatic carbocycles. The average Bonchev–Trinajstić information content (AvgIpc) is 2.75. The third-order valence-corrected chi connectivity index (χ3v) is 8.39. The van der Waals surface area contributed by atoms with E-state index in [1.807, 2.05) is 25.1 Å². The van der Waals surface area contributed by atoms with Gasteiger partial charge in [0.05, 0.1) is 29.1 Å². The zero-order valence-electron chi connectivity index (χ0n) is 21.3. The first-order valence-corrected chi connectivity index (χ1v) is 13.9. The Bertz CT molecular complexity index is 1210. The van der Waals surface area contributed by atoms with Gasteiger partial charge >= 0.3 is 5.69 Å². The van der Waals surface area contributed by atoms with Gasteiger partial charge in [-0.15, -0.1) is 0 Å². The number of rotatable bonds is 8. The van der Waals surface area contributed by atoms with Gasteiger partial charge in [-0.3, -0.25) is 10.1 Å². The highest BCUT2D eigenvalue weighted by Crippen LogP contribution is 2.34. The molecule has 1 heterocycles. The summed E-state index contributed by atoms with van der Waals surface area (Å²) in [4.78, 5) is 10.4. The fourth-order valence-corrected chi connectivity index (χ4v) is 6.65. The molecule has 1 saturated heterocycles. The van der Waals surface area contributed by atoms with Gasteiger partial charge < -0.3 is 15.2 Å². The van der Waals surface area contributed by atoms with Gasteiger partial charge in [-0.2, -0.15) is 4.39 Å². The van der Waals surface area contributed by atoms with Crippen molar-refractivity contribution in [1.82, 2.24) is 5.32 Å². The lowest BCUT2D eigenvalue weighted by atomic mass is 9.85. The molecule has 3 rings (SSSR count). The van der Waals surface area contributed by atoms with Crippen LogP contribution in [0.25, 0.3) is 0 Å². The molecule has 0 amide bonds. The highest BCUT2D eigenvalue weighted by atomic mass is 32.2. The number of aliphatic hydroxyl groups excluding tert-OH is 1. The number of hydrogen-bond acceptors (Lipinski definition) is 7. The number of halogens is 1. The number of aliphatic hydroxyl groups is 1. The van der Waals surface area contributed by atoms with Crippen molar-refractivity contribution in [2.75, 3.05) is 18.1 Å². The molecule has 0 bridgehead atoms. The summed E-state index contributed by atoms with van der Waals surface area (Å²) in [5, 5.41) is 25.7. The molecule has 36 heavy (non-hydrogen) atoms. The largest absolute Gasteiger partial charge is 0.487 e. The van der Waals surface area contributed by atoms with Gasteiger partial charge in [0.2, 0.25) is 11.6 Å². The Balaban J connectivity index is 1.84. The predicted molar refractivity (Wildman–Crippen MR) is 137 cm³/mol. The van der Waals surface area contributed by atoms with E-state index in [9.17, 15) is 28.0 Å². The van der Waals surface area contributed by atoms with Crippen molar-refractivity contribution >= 4 is 15.5 Å². The molecule has 8 nitrogen and oxygen atoms in total. The van der Waals surface area contributed by atoms with Crippen molar-refractivity contribution in [3.05, 3.63) is 69.0 Å². The number of ether oxygens (including phenoxy) is 1. The molecule has 0 radical (unpaired) electrons. The lowest BCUT2D eigenvalue weighted by molar-refractivity contribution is -0.388. The maximum Gasteiger partial charge on any atom is 0.346 e. The molecule has 1 fully saturated rings. The minimum absolute atomic E-state index is 0.0292. The first-order chi connectivity index (χ1) is 16.7. The molecule has 2 aromatic carbocycles. The van der Waals surface area contributed by atoms with Crippen LogP contribution < -0.4 is 10.1 Å². The zero-order chi connectivity index (χ0) is 26.8. The van der Waals surface area contributed by atoms with Crippen LogP contribution in [0.15, 0.2) is 36.4 Å². The molecule has 10 heteroatoms. The monoisotopic (exact) mass is 522 g/mol. The summed E-state index contributed by atoms with van der Waals surface area (Å²) in [6.45, 7) is 9.99. The Hall–Kier alpha value is -2.56. The van der Waals surface area contributed by atoms with Crippen molar-refractivity contribution in [1.29, 1.82) is 0 Å². The Morgan fingerprint density at radius 1 is 1.25 bits per heavy atom. The summed E-state index contributed by atoms with van der Waals surface area (Å²) in [6.07, 6.45) is -0.989. The first kappa shape index (κ1) is 28.0. The van der Waals surface area contributed by atoms with Crippen LogP contribution in [0.1, 0.15) is 57.4 Å². The molecule has 0 unspecified atom stereocenters. The van der Waals surface area contributed by atoms with Crippen molar-refractivity contribution in [2.45, 2.75) is 64.6 Å². The Morgan fingerprint density at radius 3 is 2.56 bits per heavy atom. The van der Waals surface area contributed by atoms with Crippen LogP contribution in [0.4, 0.5) is 10.1 Å². The molecule has 1 aliphatic rings.